The van der Waals surface area contributed by atoms with Crippen molar-refractivity contribution < 1.29 is 28.5 Å². The summed E-state index contributed by atoms with van der Waals surface area (Å²) >= 11 is 0. The van der Waals surface area contributed by atoms with Crippen LogP contribution >= 0.6 is 0 Å². The van der Waals surface area contributed by atoms with E-state index in [1.54, 1.807) is 0 Å². The van der Waals surface area contributed by atoms with E-state index < -0.39 is 11.4 Å². The van der Waals surface area contributed by atoms with Crippen LogP contribution in [0.2, 0.25) is 0 Å². The van der Waals surface area contributed by atoms with Crippen LogP contribution in [0.25, 0.3) is 0 Å². The van der Waals surface area contributed by atoms with Crippen molar-refractivity contribution in [2.24, 2.45) is 11.3 Å². The minimum absolute atomic E-state index is 0.0306. The monoisotopic (exact) mass is 294 g/mol. The van der Waals surface area contributed by atoms with Crippen LogP contribution < -0.4 is 0 Å². The second kappa shape index (κ2) is 4.81. The molecule has 21 heavy (non-hydrogen) atoms. The molecule has 0 aromatic rings. The number of hydrogen-bond donors (Lipinski definition) is 0. The molecule has 4 rings (SSSR count). The Kier molecular flexibility index (Phi) is 3.04. The molecule has 0 radical (unpaired) electrons. The molecule has 0 amide bonds. The summed E-state index contributed by atoms with van der Waals surface area (Å²) < 4.78 is 20.7. The quantitative estimate of drug-likeness (QED) is 0.527. The molecule has 0 aromatic heterocycles. The summed E-state index contributed by atoms with van der Waals surface area (Å²) in [5.41, 5.74) is -0.303. The summed E-state index contributed by atoms with van der Waals surface area (Å²) in [6, 6.07) is 0. The van der Waals surface area contributed by atoms with E-state index in [0.717, 1.165) is 6.42 Å². The number of rotatable bonds is 6. The Morgan fingerprint density at radius 3 is 2.48 bits per heavy atom. The molecular weight excluding hydrogens is 276 g/mol. The third-order valence-electron chi connectivity index (χ3n) is 4.69. The number of fused-ring (bicyclic) bond motifs is 2. The Morgan fingerprint density at radius 2 is 1.86 bits per heavy atom. The molecule has 6 nitrogen and oxygen atoms in total. The van der Waals surface area contributed by atoms with Crippen molar-refractivity contribution in [3.63, 3.8) is 0 Å². The van der Waals surface area contributed by atoms with Gasteiger partial charge in [0.05, 0.1) is 18.8 Å². The Balaban J connectivity index is 1.44. The molecule has 114 valence electrons. The maximum atomic E-state index is 12.5. The molecule has 2 heterocycles. The highest BCUT2D eigenvalue weighted by Crippen LogP contribution is 2.55. The van der Waals surface area contributed by atoms with Gasteiger partial charge in [-0.1, -0.05) is 6.08 Å². The van der Waals surface area contributed by atoms with Gasteiger partial charge >= 0.3 is 11.9 Å². The summed E-state index contributed by atoms with van der Waals surface area (Å²) in [4.78, 5) is 24.7. The van der Waals surface area contributed by atoms with Crippen LogP contribution in [0.15, 0.2) is 11.6 Å². The second-order valence-corrected chi connectivity index (χ2v) is 6.27. The number of carbonyl (C=O) groups is 2. The van der Waals surface area contributed by atoms with Gasteiger partial charge < -0.3 is 18.9 Å². The number of ether oxygens (including phenoxy) is 4. The predicted octanol–water partition coefficient (Wildman–Crippen LogP) is 0.597. The summed E-state index contributed by atoms with van der Waals surface area (Å²) in [6.45, 7) is 1.84. The lowest BCUT2D eigenvalue weighted by atomic mass is 9.80. The summed E-state index contributed by atoms with van der Waals surface area (Å²) in [6.07, 6.45) is 4.23. The van der Waals surface area contributed by atoms with Crippen LogP contribution in [0.1, 0.15) is 19.3 Å². The molecule has 0 aromatic carbocycles. The van der Waals surface area contributed by atoms with Crippen LogP contribution in [0, 0.1) is 11.3 Å². The molecule has 0 spiro atoms. The first kappa shape index (κ1) is 13.3. The SMILES string of the molecule is O=C(OCC1CO1)C1=CC2CCC1(C(=O)OCC1CO1)C2. The molecule has 4 unspecified atom stereocenters. The maximum Gasteiger partial charge on any atom is 0.334 e. The fourth-order valence-corrected chi connectivity index (χ4v) is 3.31. The van der Waals surface area contributed by atoms with E-state index >= 15 is 0 Å². The first-order chi connectivity index (χ1) is 10.2. The third-order valence-corrected chi connectivity index (χ3v) is 4.69. The van der Waals surface area contributed by atoms with E-state index in [1.165, 1.54) is 0 Å². The number of esters is 2. The molecule has 6 heteroatoms. The van der Waals surface area contributed by atoms with Gasteiger partial charge in [0.2, 0.25) is 0 Å². The second-order valence-electron chi connectivity index (χ2n) is 6.27. The molecule has 2 saturated heterocycles. The zero-order valence-electron chi connectivity index (χ0n) is 11.7. The van der Waals surface area contributed by atoms with E-state index in [2.05, 4.69) is 0 Å². The van der Waals surface area contributed by atoms with Gasteiger partial charge in [0.1, 0.15) is 30.8 Å². The molecule has 1 saturated carbocycles. The van der Waals surface area contributed by atoms with Crippen molar-refractivity contribution in [2.75, 3.05) is 26.4 Å². The van der Waals surface area contributed by atoms with Crippen LogP contribution in [-0.4, -0.2) is 50.6 Å². The Morgan fingerprint density at radius 1 is 1.19 bits per heavy atom. The Hall–Kier alpha value is -1.40. The molecule has 4 aliphatic rings. The first-order valence-electron chi connectivity index (χ1n) is 7.47. The number of allylic oxidation sites excluding steroid dienone is 1. The van der Waals surface area contributed by atoms with Crippen molar-refractivity contribution in [3.05, 3.63) is 11.6 Å². The molecule has 2 bridgehead atoms. The normalized spacial score (nSPS) is 38.9. The van der Waals surface area contributed by atoms with Crippen LogP contribution in [-0.2, 0) is 28.5 Å². The molecule has 2 aliphatic heterocycles. The van der Waals surface area contributed by atoms with E-state index in [4.69, 9.17) is 18.9 Å². The van der Waals surface area contributed by atoms with Gasteiger partial charge in [0.25, 0.3) is 0 Å². The lowest BCUT2D eigenvalue weighted by Gasteiger charge is -2.26. The topological polar surface area (TPSA) is 77.7 Å². The van der Waals surface area contributed by atoms with Crippen LogP contribution in [0.5, 0.6) is 0 Å². The minimum Gasteiger partial charge on any atom is -0.462 e. The number of carbonyl (C=O) groups excluding carboxylic acids is 2. The van der Waals surface area contributed by atoms with E-state index in [0.29, 0.717) is 31.6 Å². The zero-order chi connectivity index (χ0) is 14.4. The lowest BCUT2D eigenvalue weighted by molar-refractivity contribution is -0.157. The van der Waals surface area contributed by atoms with Gasteiger partial charge in [0.15, 0.2) is 0 Å². The van der Waals surface area contributed by atoms with Crippen molar-refractivity contribution in [1.29, 1.82) is 0 Å². The summed E-state index contributed by atoms with van der Waals surface area (Å²) in [7, 11) is 0. The van der Waals surface area contributed by atoms with Crippen LogP contribution in [0.3, 0.4) is 0 Å². The van der Waals surface area contributed by atoms with Crippen molar-refractivity contribution in [3.8, 4) is 0 Å². The van der Waals surface area contributed by atoms with Crippen molar-refractivity contribution in [2.45, 2.75) is 31.5 Å². The van der Waals surface area contributed by atoms with Gasteiger partial charge in [-0.15, -0.1) is 0 Å². The number of hydrogen-bond acceptors (Lipinski definition) is 6. The van der Waals surface area contributed by atoms with Gasteiger partial charge in [-0.3, -0.25) is 4.79 Å². The van der Waals surface area contributed by atoms with Crippen molar-refractivity contribution >= 4 is 11.9 Å². The Labute approximate surface area is 122 Å². The fourth-order valence-electron chi connectivity index (χ4n) is 3.31. The standard InChI is InChI=1S/C15H18O6/c16-13(20-7-10-5-18-10)12-3-9-1-2-15(12,4-9)14(17)21-8-11-6-19-11/h3,9-11H,1-2,4-8H2. The van der Waals surface area contributed by atoms with Gasteiger partial charge in [-0.05, 0) is 25.2 Å². The Bertz CT molecular complexity index is 504. The van der Waals surface area contributed by atoms with E-state index in [-0.39, 0.29) is 37.3 Å². The van der Waals surface area contributed by atoms with Gasteiger partial charge in [0, 0.05) is 0 Å². The minimum atomic E-state index is -0.791. The average molecular weight is 294 g/mol. The maximum absolute atomic E-state index is 12.5. The third kappa shape index (κ3) is 2.46. The zero-order valence-corrected chi connectivity index (χ0v) is 11.7. The highest BCUT2D eigenvalue weighted by atomic mass is 16.6. The van der Waals surface area contributed by atoms with Gasteiger partial charge in [-0.2, -0.15) is 0 Å². The lowest BCUT2D eigenvalue weighted by Crippen LogP contribution is -2.35. The summed E-state index contributed by atoms with van der Waals surface area (Å²) in [5.74, 6) is -0.411. The fraction of sp³-hybridized carbons (Fsp3) is 0.733. The smallest absolute Gasteiger partial charge is 0.334 e. The molecule has 2 aliphatic carbocycles. The molecule has 0 N–H and O–H groups in total. The average Bonchev–Trinajstić information content (AvgIpc) is 3.41. The molecule has 4 atom stereocenters. The largest absolute Gasteiger partial charge is 0.462 e. The predicted molar refractivity (Wildman–Crippen MR) is 69.3 cm³/mol. The first-order valence-corrected chi connectivity index (χ1v) is 7.47. The highest BCUT2D eigenvalue weighted by Gasteiger charge is 2.56. The van der Waals surface area contributed by atoms with Gasteiger partial charge in [-0.25, -0.2) is 4.79 Å². The molecular formula is C15H18O6. The highest BCUT2D eigenvalue weighted by molar-refractivity contribution is 5.99. The van der Waals surface area contributed by atoms with E-state index in [9.17, 15) is 9.59 Å². The van der Waals surface area contributed by atoms with E-state index in [1.807, 2.05) is 6.08 Å². The molecule has 3 fully saturated rings. The summed E-state index contributed by atoms with van der Waals surface area (Å²) in [5, 5.41) is 0. The van der Waals surface area contributed by atoms with Crippen molar-refractivity contribution in [1.82, 2.24) is 0 Å². The van der Waals surface area contributed by atoms with Crippen LogP contribution in [0.4, 0.5) is 0 Å². The number of epoxide rings is 2.